The molecule has 21 heavy (non-hydrogen) atoms. The van der Waals surface area contributed by atoms with Gasteiger partial charge in [0, 0.05) is 23.1 Å². The van der Waals surface area contributed by atoms with Crippen molar-refractivity contribution in [2.75, 3.05) is 32.5 Å². The van der Waals surface area contributed by atoms with E-state index in [1.54, 1.807) is 0 Å². The molecule has 1 aliphatic carbocycles. The molecular formula is C17H24BrN3. The lowest BCUT2D eigenvalue weighted by Crippen LogP contribution is -2.21. The standard InChI is InChI=1S/C17H24BrN3/c1-21(2)11-3-4-14-5-7-15(8-6-14)12-19-17-10-9-16(18)13-20-17/h9-10,13-15H,5-8,11-12H2,1-2H3,(H,19,20). The van der Waals surface area contributed by atoms with Crippen molar-refractivity contribution in [3.63, 3.8) is 0 Å². The van der Waals surface area contributed by atoms with Gasteiger partial charge in [-0.05, 0) is 73.8 Å². The zero-order valence-electron chi connectivity index (χ0n) is 12.9. The molecule has 114 valence electrons. The van der Waals surface area contributed by atoms with E-state index in [-0.39, 0.29) is 0 Å². The van der Waals surface area contributed by atoms with Crippen molar-refractivity contribution in [3.05, 3.63) is 22.8 Å². The van der Waals surface area contributed by atoms with E-state index in [0.717, 1.165) is 29.3 Å². The molecule has 0 unspecified atom stereocenters. The predicted molar refractivity (Wildman–Crippen MR) is 92.2 cm³/mol. The minimum atomic E-state index is 0.604. The van der Waals surface area contributed by atoms with Crippen LogP contribution in [0.3, 0.4) is 0 Å². The van der Waals surface area contributed by atoms with Crippen LogP contribution in [0.2, 0.25) is 0 Å². The fourth-order valence-electron chi connectivity index (χ4n) is 2.59. The van der Waals surface area contributed by atoms with Gasteiger partial charge in [-0.1, -0.05) is 11.8 Å². The summed E-state index contributed by atoms with van der Waals surface area (Å²) >= 11 is 3.40. The molecule has 0 aromatic carbocycles. The van der Waals surface area contributed by atoms with Crippen LogP contribution in [0.25, 0.3) is 0 Å². The Morgan fingerprint density at radius 3 is 2.67 bits per heavy atom. The molecule has 2 rings (SSSR count). The van der Waals surface area contributed by atoms with Crippen molar-refractivity contribution >= 4 is 21.7 Å². The van der Waals surface area contributed by atoms with Gasteiger partial charge in [0.15, 0.2) is 0 Å². The lowest BCUT2D eigenvalue weighted by molar-refractivity contribution is 0.328. The summed E-state index contributed by atoms with van der Waals surface area (Å²) in [6, 6.07) is 4.04. The Kier molecular flexibility index (Phi) is 6.53. The number of halogens is 1. The molecular weight excluding hydrogens is 326 g/mol. The van der Waals surface area contributed by atoms with Gasteiger partial charge in [-0.3, -0.25) is 4.90 Å². The first-order valence-corrected chi connectivity index (χ1v) is 8.41. The fraction of sp³-hybridized carbons (Fsp3) is 0.588. The average molecular weight is 350 g/mol. The molecule has 0 bridgehead atoms. The Morgan fingerprint density at radius 2 is 2.05 bits per heavy atom. The second-order valence-electron chi connectivity index (χ2n) is 6.02. The third-order valence-corrected chi connectivity index (χ3v) is 4.32. The van der Waals surface area contributed by atoms with Crippen LogP contribution in [-0.2, 0) is 0 Å². The van der Waals surface area contributed by atoms with Crippen LogP contribution in [0.15, 0.2) is 22.8 Å². The molecule has 1 heterocycles. The number of nitrogens with one attached hydrogen (secondary N) is 1. The Hall–Kier alpha value is -1.05. The van der Waals surface area contributed by atoms with E-state index in [1.807, 2.05) is 18.3 Å². The van der Waals surface area contributed by atoms with Crippen LogP contribution in [0, 0.1) is 23.7 Å². The van der Waals surface area contributed by atoms with Crippen LogP contribution in [-0.4, -0.2) is 37.1 Å². The smallest absolute Gasteiger partial charge is 0.125 e. The SMILES string of the molecule is CN(C)CC#CC1CCC(CNc2ccc(Br)cn2)CC1. The third kappa shape index (κ3) is 6.07. The minimum absolute atomic E-state index is 0.604. The summed E-state index contributed by atoms with van der Waals surface area (Å²) < 4.78 is 1.02. The van der Waals surface area contributed by atoms with Gasteiger partial charge in [0.05, 0.1) is 6.54 Å². The molecule has 0 amide bonds. The maximum Gasteiger partial charge on any atom is 0.125 e. The fourth-order valence-corrected chi connectivity index (χ4v) is 2.82. The van der Waals surface area contributed by atoms with E-state index in [4.69, 9.17) is 0 Å². The van der Waals surface area contributed by atoms with Gasteiger partial charge >= 0.3 is 0 Å². The van der Waals surface area contributed by atoms with Crippen molar-refractivity contribution in [1.82, 2.24) is 9.88 Å². The van der Waals surface area contributed by atoms with Crippen molar-refractivity contribution < 1.29 is 0 Å². The second kappa shape index (κ2) is 8.41. The van der Waals surface area contributed by atoms with Crippen molar-refractivity contribution in [1.29, 1.82) is 0 Å². The maximum absolute atomic E-state index is 4.35. The number of hydrogen-bond acceptors (Lipinski definition) is 3. The molecule has 0 atom stereocenters. The van der Waals surface area contributed by atoms with E-state index >= 15 is 0 Å². The number of rotatable bonds is 4. The van der Waals surface area contributed by atoms with Gasteiger partial charge in [-0.15, -0.1) is 0 Å². The predicted octanol–water partition coefficient (Wildman–Crippen LogP) is 3.63. The molecule has 4 heteroatoms. The minimum Gasteiger partial charge on any atom is -0.370 e. The Labute approximate surface area is 136 Å². The van der Waals surface area contributed by atoms with Gasteiger partial charge in [0.25, 0.3) is 0 Å². The quantitative estimate of drug-likeness (QED) is 0.841. The molecule has 1 aliphatic rings. The van der Waals surface area contributed by atoms with Crippen LogP contribution in [0.1, 0.15) is 25.7 Å². The van der Waals surface area contributed by atoms with Gasteiger partial charge in [-0.25, -0.2) is 4.98 Å². The molecule has 3 nitrogen and oxygen atoms in total. The molecule has 1 aromatic rings. The van der Waals surface area contributed by atoms with Crippen molar-refractivity contribution in [2.45, 2.75) is 25.7 Å². The molecule has 1 aromatic heterocycles. The highest BCUT2D eigenvalue weighted by atomic mass is 79.9. The largest absolute Gasteiger partial charge is 0.370 e. The summed E-state index contributed by atoms with van der Waals surface area (Å²) in [7, 11) is 4.13. The van der Waals surface area contributed by atoms with Crippen LogP contribution in [0.4, 0.5) is 5.82 Å². The van der Waals surface area contributed by atoms with E-state index < -0.39 is 0 Å². The van der Waals surface area contributed by atoms with E-state index in [9.17, 15) is 0 Å². The highest BCUT2D eigenvalue weighted by Crippen LogP contribution is 2.28. The first kappa shape index (κ1) is 16.3. The van der Waals surface area contributed by atoms with Crippen molar-refractivity contribution in [3.8, 4) is 11.8 Å². The summed E-state index contributed by atoms with van der Waals surface area (Å²) in [5.41, 5.74) is 0. The first-order chi connectivity index (χ1) is 10.1. The number of hydrogen-bond donors (Lipinski definition) is 1. The Balaban J connectivity index is 1.69. The van der Waals surface area contributed by atoms with Gasteiger partial charge < -0.3 is 5.32 Å². The molecule has 0 spiro atoms. The van der Waals surface area contributed by atoms with E-state index in [1.165, 1.54) is 25.7 Å². The summed E-state index contributed by atoms with van der Waals surface area (Å²) in [6.07, 6.45) is 6.84. The zero-order chi connectivity index (χ0) is 15.1. The topological polar surface area (TPSA) is 28.2 Å². The van der Waals surface area contributed by atoms with Crippen LogP contribution < -0.4 is 5.32 Å². The second-order valence-corrected chi connectivity index (χ2v) is 6.93. The number of pyridine rings is 1. The summed E-state index contributed by atoms with van der Waals surface area (Å²) in [6.45, 7) is 1.89. The average Bonchev–Trinajstić information content (AvgIpc) is 2.48. The molecule has 1 N–H and O–H groups in total. The highest BCUT2D eigenvalue weighted by molar-refractivity contribution is 9.10. The molecule has 1 saturated carbocycles. The lowest BCUT2D eigenvalue weighted by Gasteiger charge is -2.26. The first-order valence-electron chi connectivity index (χ1n) is 7.62. The molecule has 1 fully saturated rings. The van der Waals surface area contributed by atoms with Crippen molar-refractivity contribution in [2.24, 2.45) is 11.8 Å². The number of nitrogens with zero attached hydrogens (tertiary/aromatic N) is 2. The monoisotopic (exact) mass is 349 g/mol. The Morgan fingerprint density at radius 1 is 1.29 bits per heavy atom. The number of anilines is 1. The summed E-state index contributed by atoms with van der Waals surface area (Å²) in [5, 5.41) is 3.44. The molecule has 0 saturated heterocycles. The third-order valence-electron chi connectivity index (χ3n) is 3.85. The summed E-state index contributed by atoms with van der Waals surface area (Å²) in [5.74, 6) is 9.02. The van der Waals surface area contributed by atoms with Crippen LogP contribution >= 0.6 is 15.9 Å². The highest BCUT2D eigenvalue weighted by Gasteiger charge is 2.19. The lowest BCUT2D eigenvalue weighted by atomic mass is 9.82. The normalized spacial score (nSPS) is 21.7. The zero-order valence-corrected chi connectivity index (χ0v) is 14.5. The van der Waals surface area contributed by atoms with E-state index in [2.05, 4.69) is 57.1 Å². The number of aromatic nitrogens is 1. The summed E-state index contributed by atoms with van der Waals surface area (Å²) in [4.78, 5) is 6.47. The molecule has 0 radical (unpaired) electrons. The van der Waals surface area contributed by atoms with Crippen LogP contribution in [0.5, 0.6) is 0 Å². The van der Waals surface area contributed by atoms with Gasteiger partial charge in [-0.2, -0.15) is 0 Å². The van der Waals surface area contributed by atoms with Gasteiger partial charge in [0.1, 0.15) is 5.82 Å². The van der Waals surface area contributed by atoms with Gasteiger partial charge in [0.2, 0.25) is 0 Å². The Bertz CT molecular complexity index is 479. The molecule has 0 aliphatic heterocycles. The maximum atomic E-state index is 4.35. The van der Waals surface area contributed by atoms with E-state index in [0.29, 0.717) is 5.92 Å².